The van der Waals surface area contributed by atoms with Crippen LogP contribution < -0.4 is 11.1 Å². The lowest BCUT2D eigenvalue weighted by molar-refractivity contribution is 0.617. The van der Waals surface area contributed by atoms with E-state index in [4.69, 9.17) is 5.73 Å². The molecule has 146 valence electrons. The highest BCUT2D eigenvalue weighted by molar-refractivity contribution is 5.97. The number of nitrogens with one attached hydrogen (secondary N) is 1. The molecule has 3 aromatic heterocycles. The SMILES string of the molecule is C/N=C/[C@@H](C)n1cc(Nc2cc3cc(-c4cnccc4C)cc(N)c3cn2)cn1. The Morgan fingerprint density at radius 1 is 1.21 bits per heavy atom. The summed E-state index contributed by atoms with van der Waals surface area (Å²) < 4.78 is 1.84. The maximum Gasteiger partial charge on any atom is 0.131 e. The van der Waals surface area contributed by atoms with Crippen LogP contribution in [0.15, 0.2) is 60.2 Å². The van der Waals surface area contributed by atoms with E-state index in [0.717, 1.165) is 39.0 Å². The topological polar surface area (TPSA) is 94.0 Å². The molecule has 3 heterocycles. The van der Waals surface area contributed by atoms with Crippen molar-refractivity contribution >= 4 is 34.2 Å². The van der Waals surface area contributed by atoms with E-state index in [-0.39, 0.29) is 6.04 Å². The van der Waals surface area contributed by atoms with Gasteiger partial charge in [0.25, 0.3) is 0 Å². The molecule has 0 spiro atoms. The zero-order chi connectivity index (χ0) is 20.4. The van der Waals surface area contributed by atoms with Crippen molar-refractivity contribution < 1.29 is 0 Å². The van der Waals surface area contributed by atoms with Crippen LogP contribution in [0.5, 0.6) is 0 Å². The minimum Gasteiger partial charge on any atom is -0.398 e. The Bertz CT molecular complexity index is 1190. The number of hydrogen-bond donors (Lipinski definition) is 2. The third-order valence-corrected chi connectivity index (χ3v) is 4.88. The van der Waals surface area contributed by atoms with Crippen LogP contribution in [0.1, 0.15) is 18.5 Å². The van der Waals surface area contributed by atoms with E-state index in [1.54, 1.807) is 25.6 Å². The van der Waals surface area contributed by atoms with Crippen LogP contribution in [0.4, 0.5) is 17.2 Å². The van der Waals surface area contributed by atoms with Crippen molar-refractivity contribution in [1.82, 2.24) is 19.7 Å². The van der Waals surface area contributed by atoms with Crippen molar-refractivity contribution in [2.24, 2.45) is 4.99 Å². The predicted octanol–water partition coefficient (Wildman–Crippen LogP) is 4.39. The van der Waals surface area contributed by atoms with E-state index in [9.17, 15) is 0 Å². The second-order valence-corrected chi connectivity index (χ2v) is 7.03. The lowest BCUT2D eigenvalue weighted by atomic mass is 9.99. The molecule has 29 heavy (non-hydrogen) atoms. The van der Waals surface area contributed by atoms with E-state index < -0.39 is 0 Å². The molecular weight excluding hydrogens is 362 g/mol. The molecule has 4 rings (SSSR count). The van der Waals surface area contributed by atoms with Gasteiger partial charge < -0.3 is 11.1 Å². The number of benzene rings is 1. The van der Waals surface area contributed by atoms with Crippen LogP contribution in [0.25, 0.3) is 21.9 Å². The van der Waals surface area contributed by atoms with E-state index in [1.807, 2.05) is 48.4 Å². The zero-order valence-corrected chi connectivity index (χ0v) is 16.7. The number of aryl methyl sites for hydroxylation is 1. The summed E-state index contributed by atoms with van der Waals surface area (Å²) in [6, 6.07) is 8.17. The van der Waals surface area contributed by atoms with Crippen molar-refractivity contribution in [2.45, 2.75) is 19.9 Å². The van der Waals surface area contributed by atoms with Gasteiger partial charge in [-0.2, -0.15) is 5.10 Å². The number of pyridine rings is 2. The van der Waals surface area contributed by atoms with Gasteiger partial charge in [-0.3, -0.25) is 14.7 Å². The molecule has 0 aliphatic rings. The first kappa shape index (κ1) is 18.6. The fourth-order valence-electron chi connectivity index (χ4n) is 3.33. The Kier molecular flexibility index (Phi) is 4.95. The summed E-state index contributed by atoms with van der Waals surface area (Å²) in [6.45, 7) is 4.10. The minimum atomic E-state index is 0.0881. The van der Waals surface area contributed by atoms with E-state index in [2.05, 4.69) is 38.4 Å². The van der Waals surface area contributed by atoms with Gasteiger partial charge in [0.1, 0.15) is 5.82 Å². The number of aliphatic imine (C=N–C) groups is 1. The molecule has 0 amide bonds. The second-order valence-electron chi connectivity index (χ2n) is 7.03. The van der Waals surface area contributed by atoms with Crippen molar-refractivity contribution in [3.63, 3.8) is 0 Å². The summed E-state index contributed by atoms with van der Waals surface area (Å²) in [4.78, 5) is 12.8. The minimum absolute atomic E-state index is 0.0881. The molecule has 0 bridgehead atoms. The molecule has 7 heteroatoms. The number of hydrogen-bond acceptors (Lipinski definition) is 6. The lowest BCUT2D eigenvalue weighted by Crippen LogP contribution is -2.06. The van der Waals surface area contributed by atoms with E-state index in [0.29, 0.717) is 5.69 Å². The average molecular weight is 385 g/mol. The van der Waals surface area contributed by atoms with Crippen LogP contribution in [-0.4, -0.2) is 33.0 Å². The van der Waals surface area contributed by atoms with Gasteiger partial charge in [0.05, 0.1) is 17.9 Å². The molecule has 1 atom stereocenters. The molecule has 0 aliphatic heterocycles. The Balaban J connectivity index is 1.68. The van der Waals surface area contributed by atoms with Gasteiger partial charge in [0.2, 0.25) is 0 Å². The maximum atomic E-state index is 6.31. The van der Waals surface area contributed by atoms with Gasteiger partial charge in [-0.05, 0) is 54.6 Å². The van der Waals surface area contributed by atoms with Crippen molar-refractivity contribution in [2.75, 3.05) is 18.1 Å². The van der Waals surface area contributed by atoms with Crippen LogP contribution in [0.3, 0.4) is 0 Å². The normalized spacial score (nSPS) is 12.5. The Labute approximate surface area is 169 Å². The van der Waals surface area contributed by atoms with Crippen molar-refractivity contribution in [3.05, 3.63) is 60.8 Å². The molecule has 4 aromatic rings. The molecule has 0 radical (unpaired) electrons. The quantitative estimate of drug-likeness (QED) is 0.392. The first-order valence-corrected chi connectivity index (χ1v) is 9.39. The number of aromatic nitrogens is 4. The van der Waals surface area contributed by atoms with E-state index >= 15 is 0 Å². The molecule has 7 nitrogen and oxygen atoms in total. The molecule has 0 unspecified atom stereocenters. The highest BCUT2D eigenvalue weighted by Crippen LogP contribution is 2.31. The average Bonchev–Trinajstić information content (AvgIpc) is 3.17. The number of rotatable bonds is 5. The molecular formula is C22H23N7. The molecule has 1 aromatic carbocycles. The summed E-state index contributed by atoms with van der Waals surface area (Å²) in [5.41, 5.74) is 11.1. The third kappa shape index (κ3) is 3.80. The molecule has 0 fully saturated rings. The van der Waals surface area contributed by atoms with Gasteiger partial charge in [-0.1, -0.05) is 0 Å². The number of fused-ring (bicyclic) bond motifs is 1. The zero-order valence-electron chi connectivity index (χ0n) is 16.7. The van der Waals surface area contributed by atoms with Crippen molar-refractivity contribution in [1.29, 1.82) is 0 Å². The van der Waals surface area contributed by atoms with Crippen LogP contribution >= 0.6 is 0 Å². The highest BCUT2D eigenvalue weighted by Gasteiger charge is 2.09. The summed E-state index contributed by atoms with van der Waals surface area (Å²) in [6.07, 6.45) is 11.0. The van der Waals surface area contributed by atoms with E-state index in [1.165, 1.54) is 0 Å². The van der Waals surface area contributed by atoms with Gasteiger partial charge in [-0.15, -0.1) is 0 Å². The van der Waals surface area contributed by atoms with Crippen LogP contribution in [0, 0.1) is 6.92 Å². The number of anilines is 3. The summed E-state index contributed by atoms with van der Waals surface area (Å²) in [7, 11) is 1.76. The predicted molar refractivity (Wildman–Crippen MR) is 119 cm³/mol. The lowest BCUT2D eigenvalue weighted by Gasteiger charge is -2.11. The van der Waals surface area contributed by atoms with Crippen LogP contribution in [-0.2, 0) is 0 Å². The van der Waals surface area contributed by atoms with Crippen LogP contribution in [0.2, 0.25) is 0 Å². The first-order chi connectivity index (χ1) is 14.0. The highest BCUT2D eigenvalue weighted by atomic mass is 15.3. The summed E-state index contributed by atoms with van der Waals surface area (Å²) >= 11 is 0. The second kappa shape index (κ2) is 7.71. The Morgan fingerprint density at radius 3 is 2.86 bits per heavy atom. The summed E-state index contributed by atoms with van der Waals surface area (Å²) in [5, 5.41) is 9.62. The third-order valence-electron chi connectivity index (χ3n) is 4.88. The monoisotopic (exact) mass is 385 g/mol. The fourth-order valence-corrected chi connectivity index (χ4v) is 3.33. The van der Waals surface area contributed by atoms with Gasteiger partial charge in [0, 0.05) is 54.7 Å². The van der Waals surface area contributed by atoms with Crippen molar-refractivity contribution in [3.8, 4) is 11.1 Å². The smallest absolute Gasteiger partial charge is 0.131 e. The number of nitrogens with zero attached hydrogens (tertiary/aromatic N) is 5. The maximum absolute atomic E-state index is 6.31. The number of nitrogen functional groups attached to an aromatic ring is 1. The van der Waals surface area contributed by atoms with Gasteiger partial charge in [-0.25, -0.2) is 4.98 Å². The number of nitrogens with two attached hydrogens (primary N) is 1. The van der Waals surface area contributed by atoms with Gasteiger partial charge >= 0.3 is 0 Å². The Morgan fingerprint density at radius 2 is 2.07 bits per heavy atom. The largest absolute Gasteiger partial charge is 0.398 e. The molecule has 0 aliphatic carbocycles. The standard InChI is InChI=1S/C22H23N7/c1-14-4-5-25-11-19(14)16-6-17-8-22(26-12-20(17)21(23)7-16)28-18-10-27-29(13-18)15(2)9-24-3/h4-13,15H,23H2,1-3H3,(H,26,28)/b24-9+/t15-/m1/s1. The molecule has 0 saturated heterocycles. The van der Waals surface area contributed by atoms with Gasteiger partial charge in [0.15, 0.2) is 0 Å². The molecule has 0 saturated carbocycles. The first-order valence-electron chi connectivity index (χ1n) is 9.39. The Hall–Kier alpha value is -3.74. The summed E-state index contributed by atoms with van der Waals surface area (Å²) in [5.74, 6) is 0.730. The molecule has 3 N–H and O–H groups in total. The fraction of sp³-hybridized carbons (Fsp3) is 0.182.